The number of primary amides is 1. The van der Waals surface area contributed by atoms with Gasteiger partial charge in [0.2, 0.25) is 0 Å². The fourth-order valence-corrected chi connectivity index (χ4v) is 5.34. The minimum absolute atomic E-state index is 0.341. The molecule has 1 aliphatic rings. The molecule has 1 aliphatic carbocycles. The maximum atomic E-state index is 13.4. The first-order valence-electron chi connectivity index (χ1n) is 9.92. The largest absolute Gasteiger partial charge is 0.365 e. The topological polar surface area (TPSA) is 85.1 Å². The summed E-state index contributed by atoms with van der Waals surface area (Å²) >= 11 is 1.42. The number of para-hydroxylation sites is 1. The first-order valence-corrected chi connectivity index (χ1v) is 10.7. The average Bonchev–Trinajstić information content (AvgIpc) is 3.34. The fourth-order valence-electron chi connectivity index (χ4n) is 4.06. The number of thiophene rings is 1. The van der Waals surface area contributed by atoms with Crippen molar-refractivity contribution in [3.8, 4) is 11.3 Å². The van der Waals surface area contributed by atoms with Crippen LogP contribution < -0.4 is 11.1 Å². The van der Waals surface area contributed by atoms with E-state index in [4.69, 9.17) is 5.73 Å². The second-order valence-corrected chi connectivity index (χ2v) is 8.56. The van der Waals surface area contributed by atoms with Crippen molar-refractivity contribution >= 4 is 39.1 Å². The van der Waals surface area contributed by atoms with Crippen molar-refractivity contribution in [1.82, 2.24) is 4.98 Å². The Kier molecular flexibility index (Phi) is 4.75. The molecule has 7 heteroatoms. The second-order valence-electron chi connectivity index (χ2n) is 7.46. The predicted molar refractivity (Wildman–Crippen MR) is 120 cm³/mol. The van der Waals surface area contributed by atoms with E-state index in [1.807, 2.05) is 24.3 Å². The van der Waals surface area contributed by atoms with Gasteiger partial charge < -0.3 is 11.1 Å². The highest BCUT2D eigenvalue weighted by Gasteiger charge is 2.27. The van der Waals surface area contributed by atoms with Crippen molar-refractivity contribution in [2.24, 2.45) is 5.73 Å². The van der Waals surface area contributed by atoms with Crippen LogP contribution in [-0.2, 0) is 12.8 Å². The summed E-state index contributed by atoms with van der Waals surface area (Å²) in [6.07, 6.45) is 2.68. The second kappa shape index (κ2) is 7.59. The van der Waals surface area contributed by atoms with E-state index in [9.17, 15) is 14.0 Å². The summed E-state index contributed by atoms with van der Waals surface area (Å²) in [4.78, 5) is 31.1. The lowest BCUT2D eigenvalue weighted by atomic mass is 10.0. The number of nitrogens with two attached hydrogens (primary N) is 1. The van der Waals surface area contributed by atoms with Gasteiger partial charge in [-0.1, -0.05) is 18.2 Å². The van der Waals surface area contributed by atoms with Gasteiger partial charge in [-0.2, -0.15) is 0 Å². The van der Waals surface area contributed by atoms with E-state index in [1.165, 1.54) is 23.5 Å². The van der Waals surface area contributed by atoms with Crippen molar-refractivity contribution < 1.29 is 14.0 Å². The maximum Gasteiger partial charge on any atom is 0.257 e. The SMILES string of the molecule is NC(=O)c1c(NC(=O)c2cc(-c3ccc(F)cc3)nc3ccccc23)sc2c1CCC2. The third-order valence-electron chi connectivity index (χ3n) is 5.50. The summed E-state index contributed by atoms with van der Waals surface area (Å²) in [6.45, 7) is 0. The van der Waals surface area contributed by atoms with E-state index in [-0.39, 0.29) is 11.7 Å². The van der Waals surface area contributed by atoms with Crippen LogP contribution in [0.25, 0.3) is 22.2 Å². The van der Waals surface area contributed by atoms with Gasteiger partial charge in [-0.25, -0.2) is 9.37 Å². The van der Waals surface area contributed by atoms with E-state index in [0.717, 1.165) is 29.7 Å². The summed E-state index contributed by atoms with van der Waals surface area (Å²) in [5, 5.41) is 4.09. The number of aromatic nitrogens is 1. The number of fused-ring (bicyclic) bond motifs is 2. The van der Waals surface area contributed by atoms with E-state index in [0.29, 0.717) is 38.3 Å². The molecule has 3 N–H and O–H groups in total. The molecule has 0 bridgehead atoms. The molecule has 2 heterocycles. The zero-order valence-electron chi connectivity index (χ0n) is 16.4. The minimum Gasteiger partial charge on any atom is -0.365 e. The molecule has 0 atom stereocenters. The molecule has 0 fully saturated rings. The Hall–Kier alpha value is -3.58. The van der Waals surface area contributed by atoms with Gasteiger partial charge in [0.25, 0.3) is 11.8 Å². The Morgan fingerprint density at radius 2 is 1.84 bits per heavy atom. The number of anilines is 1. The third-order valence-corrected chi connectivity index (χ3v) is 6.70. The van der Waals surface area contributed by atoms with Crippen molar-refractivity contribution in [2.45, 2.75) is 19.3 Å². The number of rotatable bonds is 4. The van der Waals surface area contributed by atoms with Gasteiger partial charge in [0, 0.05) is 15.8 Å². The number of carbonyl (C=O) groups is 2. The average molecular weight is 431 g/mol. The van der Waals surface area contributed by atoms with Gasteiger partial charge in [0.15, 0.2) is 0 Å². The van der Waals surface area contributed by atoms with Crippen molar-refractivity contribution in [2.75, 3.05) is 5.32 Å². The number of nitrogens with one attached hydrogen (secondary N) is 1. The smallest absolute Gasteiger partial charge is 0.257 e. The van der Waals surface area contributed by atoms with Gasteiger partial charge in [-0.3, -0.25) is 9.59 Å². The number of aryl methyl sites for hydroxylation is 1. The molecule has 2 aromatic heterocycles. The molecule has 0 spiro atoms. The number of hydrogen-bond donors (Lipinski definition) is 2. The highest BCUT2D eigenvalue weighted by molar-refractivity contribution is 7.17. The first kappa shape index (κ1) is 19.4. The van der Waals surface area contributed by atoms with Crippen molar-refractivity contribution in [1.29, 1.82) is 0 Å². The molecule has 0 saturated heterocycles. The van der Waals surface area contributed by atoms with Crippen molar-refractivity contribution in [3.63, 3.8) is 0 Å². The number of halogens is 1. The van der Waals surface area contributed by atoms with E-state index >= 15 is 0 Å². The molecule has 2 amide bonds. The molecule has 0 radical (unpaired) electrons. The van der Waals surface area contributed by atoms with E-state index in [1.54, 1.807) is 18.2 Å². The predicted octanol–water partition coefficient (Wildman–Crippen LogP) is 4.94. The Balaban J connectivity index is 1.59. The number of amides is 2. The summed E-state index contributed by atoms with van der Waals surface area (Å²) in [5.41, 5.74) is 9.34. The Morgan fingerprint density at radius 3 is 2.61 bits per heavy atom. The minimum atomic E-state index is -0.527. The molecule has 0 unspecified atom stereocenters. The highest BCUT2D eigenvalue weighted by Crippen LogP contribution is 2.39. The van der Waals surface area contributed by atoms with Crippen LogP contribution in [0.4, 0.5) is 9.39 Å². The molecule has 2 aromatic carbocycles. The Labute approximate surface area is 181 Å². The van der Waals surface area contributed by atoms with Crippen LogP contribution in [0.2, 0.25) is 0 Å². The fraction of sp³-hybridized carbons (Fsp3) is 0.125. The summed E-state index contributed by atoms with van der Waals surface area (Å²) in [6, 6.07) is 15.0. The standard InChI is InChI=1S/C24H18FN3O2S/c25-14-10-8-13(9-11-14)19-12-17(15-4-1-2-6-18(15)27-19)23(30)28-24-21(22(26)29)16-5-3-7-20(16)31-24/h1-2,4,6,8-12H,3,5,7H2,(H2,26,29)(H,28,30). The number of benzene rings is 2. The van der Waals surface area contributed by atoms with Gasteiger partial charge >= 0.3 is 0 Å². The molecule has 5 rings (SSSR count). The molecule has 0 aliphatic heterocycles. The lowest BCUT2D eigenvalue weighted by Gasteiger charge is -2.11. The van der Waals surface area contributed by atoms with Crippen LogP contribution >= 0.6 is 11.3 Å². The van der Waals surface area contributed by atoms with Crippen LogP contribution in [0.3, 0.4) is 0 Å². The summed E-state index contributed by atoms with van der Waals surface area (Å²) < 4.78 is 13.4. The van der Waals surface area contributed by atoms with Crippen LogP contribution in [0.15, 0.2) is 54.6 Å². The zero-order chi connectivity index (χ0) is 21.5. The van der Waals surface area contributed by atoms with Gasteiger partial charge in [-0.05, 0) is 61.2 Å². The van der Waals surface area contributed by atoms with Crippen LogP contribution in [0.1, 0.15) is 37.6 Å². The summed E-state index contributed by atoms with van der Waals surface area (Å²) in [5.74, 6) is -1.21. The maximum absolute atomic E-state index is 13.4. The summed E-state index contributed by atoms with van der Waals surface area (Å²) in [7, 11) is 0. The Morgan fingerprint density at radius 1 is 1.06 bits per heavy atom. The normalized spacial score (nSPS) is 12.7. The zero-order valence-corrected chi connectivity index (χ0v) is 17.3. The quantitative estimate of drug-likeness (QED) is 0.480. The monoisotopic (exact) mass is 431 g/mol. The highest BCUT2D eigenvalue weighted by atomic mass is 32.1. The Bertz CT molecular complexity index is 1350. The van der Waals surface area contributed by atoms with Crippen molar-refractivity contribution in [3.05, 3.63) is 82.0 Å². The van der Waals surface area contributed by atoms with E-state index < -0.39 is 5.91 Å². The van der Waals surface area contributed by atoms with Crippen LogP contribution in [0.5, 0.6) is 0 Å². The lowest BCUT2D eigenvalue weighted by molar-refractivity contribution is 0.100. The molecular weight excluding hydrogens is 413 g/mol. The van der Waals surface area contributed by atoms with Crippen LogP contribution in [-0.4, -0.2) is 16.8 Å². The number of hydrogen-bond acceptors (Lipinski definition) is 4. The van der Waals surface area contributed by atoms with Gasteiger partial charge in [-0.15, -0.1) is 11.3 Å². The first-order chi connectivity index (χ1) is 15.0. The van der Waals surface area contributed by atoms with Gasteiger partial charge in [0.05, 0.1) is 22.3 Å². The lowest BCUT2D eigenvalue weighted by Crippen LogP contribution is -2.18. The molecule has 31 heavy (non-hydrogen) atoms. The van der Waals surface area contributed by atoms with Crippen LogP contribution in [0, 0.1) is 5.82 Å². The third kappa shape index (κ3) is 3.47. The molecule has 0 saturated carbocycles. The number of pyridine rings is 1. The van der Waals surface area contributed by atoms with E-state index in [2.05, 4.69) is 10.3 Å². The number of carbonyl (C=O) groups excluding carboxylic acids is 2. The number of nitrogens with zero attached hydrogens (tertiary/aromatic N) is 1. The molecule has 5 nitrogen and oxygen atoms in total. The molecule has 4 aromatic rings. The van der Waals surface area contributed by atoms with Gasteiger partial charge in [0.1, 0.15) is 10.8 Å². The molecule has 154 valence electrons. The molecular formula is C24H18FN3O2S.